The van der Waals surface area contributed by atoms with E-state index in [2.05, 4.69) is 70.7 Å². The Hall–Kier alpha value is -1.64. The van der Waals surface area contributed by atoms with E-state index in [0.29, 0.717) is 0 Å². The molecule has 0 unspecified atom stereocenters. The lowest BCUT2D eigenvalue weighted by molar-refractivity contribution is -0.0413. The van der Waals surface area contributed by atoms with Crippen molar-refractivity contribution in [1.82, 2.24) is 5.32 Å². The Bertz CT molecular complexity index is 477. The number of ether oxygens (including phenoxy) is 1. The molecule has 0 amide bonds. The predicted octanol–water partition coefficient (Wildman–Crippen LogP) is 4.89. The van der Waals surface area contributed by atoms with Crippen LogP contribution in [0.3, 0.4) is 0 Å². The maximum atomic E-state index is 4.66. The third kappa shape index (κ3) is 10.1. The molecule has 0 atom stereocenters. The summed E-state index contributed by atoms with van der Waals surface area (Å²) < 4.78 is 4.66. The first kappa shape index (κ1) is 19.7. The summed E-state index contributed by atoms with van der Waals surface area (Å²) in [6.45, 7) is 4.18. The van der Waals surface area contributed by atoms with Crippen LogP contribution in [0.1, 0.15) is 49.7 Å². The molecule has 136 valence electrons. The Labute approximate surface area is 153 Å². The lowest BCUT2D eigenvalue weighted by atomic mass is 10.1. The predicted molar refractivity (Wildman–Crippen MR) is 108 cm³/mol. The normalized spacial score (nSPS) is 10.9. The van der Waals surface area contributed by atoms with E-state index in [4.69, 9.17) is 0 Å². The molecule has 2 rings (SSSR count). The van der Waals surface area contributed by atoms with Crippen LogP contribution in [-0.2, 0) is 13.0 Å². The largest absolute Gasteiger partial charge is 0.434 e. The van der Waals surface area contributed by atoms with E-state index in [1.807, 2.05) is 0 Å². The fourth-order valence-corrected chi connectivity index (χ4v) is 2.96. The smallest absolute Gasteiger partial charge is 0.144 e. The van der Waals surface area contributed by atoms with Gasteiger partial charge in [-0.05, 0) is 43.4 Å². The van der Waals surface area contributed by atoms with Gasteiger partial charge in [0.05, 0.1) is 0 Å². The van der Waals surface area contributed by atoms with Gasteiger partial charge in [0.25, 0.3) is 0 Å². The highest BCUT2D eigenvalue weighted by Gasteiger charge is 1.97. The highest BCUT2D eigenvalue weighted by Crippen LogP contribution is 2.05. The molecule has 0 fully saturated rings. The van der Waals surface area contributed by atoms with E-state index in [0.717, 1.165) is 26.3 Å². The summed E-state index contributed by atoms with van der Waals surface area (Å²) in [5.41, 5.74) is 2.82. The van der Waals surface area contributed by atoms with Crippen molar-refractivity contribution in [3.63, 3.8) is 0 Å². The molecule has 0 saturated carbocycles. The molecule has 25 heavy (non-hydrogen) atoms. The molecule has 0 aliphatic rings. The summed E-state index contributed by atoms with van der Waals surface area (Å²) in [5.74, 6) is 0. The Morgan fingerprint density at radius 1 is 0.600 bits per heavy atom. The van der Waals surface area contributed by atoms with Crippen molar-refractivity contribution in [1.29, 1.82) is 0 Å². The van der Waals surface area contributed by atoms with Gasteiger partial charge in [-0.2, -0.15) is 0 Å². The second-order valence-electron chi connectivity index (χ2n) is 6.69. The average Bonchev–Trinajstić information content (AvgIpc) is 2.67. The molecule has 0 spiro atoms. The van der Waals surface area contributed by atoms with Gasteiger partial charge in [-0.3, -0.25) is 0 Å². The molecule has 0 saturated heterocycles. The Kier molecular flexibility index (Phi) is 10.7. The molecule has 0 bridgehead atoms. The first-order chi connectivity index (χ1) is 12.4. The Balaban J connectivity index is 1.30. The van der Waals surface area contributed by atoms with Gasteiger partial charge < -0.3 is 10.1 Å². The fourth-order valence-electron chi connectivity index (χ4n) is 2.96. The minimum Gasteiger partial charge on any atom is -0.434 e. The molecule has 0 aromatic heterocycles. The van der Waals surface area contributed by atoms with Gasteiger partial charge >= 0.3 is 0 Å². The van der Waals surface area contributed by atoms with Crippen molar-refractivity contribution in [2.45, 2.75) is 51.5 Å². The van der Waals surface area contributed by atoms with Gasteiger partial charge in [0.15, 0.2) is 0 Å². The van der Waals surface area contributed by atoms with Crippen molar-refractivity contribution in [3.05, 3.63) is 71.8 Å². The van der Waals surface area contributed by atoms with Crippen molar-refractivity contribution in [2.75, 3.05) is 19.8 Å². The van der Waals surface area contributed by atoms with Crippen LogP contribution in [0.5, 0.6) is 0 Å². The molecule has 0 aliphatic heterocycles. The Morgan fingerprint density at radius 3 is 1.92 bits per heavy atom. The Morgan fingerprint density at radius 2 is 1.20 bits per heavy atom. The van der Waals surface area contributed by atoms with Crippen LogP contribution < -0.4 is 5.32 Å². The van der Waals surface area contributed by atoms with E-state index in [1.54, 1.807) is 0 Å². The minimum atomic E-state index is 0.985. The lowest BCUT2D eigenvalue weighted by Crippen LogP contribution is -2.14. The SMILES string of the molecule is c1ccc(CCCC[OH+]CCCCCCNCc2ccccc2)cc1. The molecule has 0 radical (unpaired) electrons. The first-order valence-electron chi connectivity index (χ1n) is 9.87. The topological polar surface area (TPSA) is 24.8 Å². The number of rotatable bonds is 14. The van der Waals surface area contributed by atoms with Crippen LogP contribution in [0.2, 0.25) is 0 Å². The van der Waals surface area contributed by atoms with Gasteiger partial charge in [0.1, 0.15) is 13.2 Å². The number of unbranched alkanes of at least 4 members (excludes halogenated alkanes) is 4. The quantitative estimate of drug-likeness (QED) is 0.384. The monoisotopic (exact) mass is 340 g/mol. The average molecular weight is 341 g/mol. The molecule has 0 heterocycles. The highest BCUT2D eigenvalue weighted by atomic mass is 16.5. The number of benzene rings is 2. The number of aliphatic hydroxyl groups is 2. The molecule has 2 heteroatoms. The summed E-state index contributed by atoms with van der Waals surface area (Å²) in [4.78, 5) is 0. The van der Waals surface area contributed by atoms with E-state index >= 15 is 0 Å². The maximum absolute atomic E-state index is 4.66. The van der Waals surface area contributed by atoms with Gasteiger partial charge in [0, 0.05) is 19.4 Å². The number of aryl methyl sites for hydroxylation is 1. The maximum Gasteiger partial charge on any atom is 0.144 e. The number of hydrogen-bond donors (Lipinski definition) is 1. The third-order valence-electron chi connectivity index (χ3n) is 4.47. The van der Waals surface area contributed by atoms with Gasteiger partial charge in [-0.25, -0.2) is 0 Å². The number of nitrogens with one attached hydrogen (secondary N) is 1. The molecular weight excluding hydrogens is 306 g/mol. The minimum absolute atomic E-state index is 0.985. The highest BCUT2D eigenvalue weighted by molar-refractivity contribution is 5.15. The second-order valence-corrected chi connectivity index (χ2v) is 6.69. The molecule has 2 aromatic carbocycles. The lowest BCUT2D eigenvalue weighted by Gasteiger charge is -2.05. The van der Waals surface area contributed by atoms with Crippen LogP contribution in [-0.4, -0.2) is 24.5 Å². The number of hydrogen-bond acceptors (Lipinski definition) is 1. The van der Waals surface area contributed by atoms with Crippen LogP contribution in [0.15, 0.2) is 60.7 Å². The zero-order chi connectivity index (χ0) is 17.4. The van der Waals surface area contributed by atoms with E-state index in [1.165, 1.54) is 56.1 Å². The first-order valence-corrected chi connectivity index (χ1v) is 9.87. The van der Waals surface area contributed by atoms with Crippen LogP contribution in [0, 0.1) is 0 Å². The standard InChI is InChI=1S/C23H33NO/c1(10-18-24-21-23-16-7-4-8-17-23)2-11-19-25-20-12-9-15-22-13-5-3-6-14-22/h3-8,13-14,16-17,24H,1-2,9-12,15,18-21H2/p+1. The zero-order valence-electron chi connectivity index (χ0n) is 15.5. The van der Waals surface area contributed by atoms with Crippen LogP contribution in [0.4, 0.5) is 0 Å². The van der Waals surface area contributed by atoms with E-state index < -0.39 is 0 Å². The summed E-state index contributed by atoms with van der Waals surface area (Å²) >= 11 is 0. The molecular formula is C23H34NO+. The third-order valence-corrected chi connectivity index (χ3v) is 4.47. The van der Waals surface area contributed by atoms with Crippen molar-refractivity contribution >= 4 is 0 Å². The molecule has 2 nitrogen and oxygen atoms in total. The van der Waals surface area contributed by atoms with Gasteiger partial charge in [-0.15, -0.1) is 0 Å². The molecule has 2 N–H and O–H groups in total. The summed E-state index contributed by atoms with van der Waals surface area (Å²) in [7, 11) is 0. The van der Waals surface area contributed by atoms with Crippen LogP contribution >= 0.6 is 0 Å². The van der Waals surface area contributed by atoms with E-state index in [-0.39, 0.29) is 0 Å². The molecule has 2 aromatic rings. The van der Waals surface area contributed by atoms with Gasteiger partial charge in [0.2, 0.25) is 0 Å². The summed E-state index contributed by atoms with van der Waals surface area (Å²) in [6.07, 6.45) is 8.79. The summed E-state index contributed by atoms with van der Waals surface area (Å²) in [6, 6.07) is 21.4. The van der Waals surface area contributed by atoms with Crippen molar-refractivity contribution < 1.29 is 4.74 Å². The van der Waals surface area contributed by atoms with E-state index in [9.17, 15) is 0 Å². The molecule has 0 aliphatic carbocycles. The zero-order valence-corrected chi connectivity index (χ0v) is 15.5. The second kappa shape index (κ2) is 13.6. The van der Waals surface area contributed by atoms with Gasteiger partial charge in [-0.1, -0.05) is 67.1 Å². The van der Waals surface area contributed by atoms with Crippen molar-refractivity contribution in [2.24, 2.45) is 0 Å². The fraction of sp³-hybridized carbons (Fsp3) is 0.478. The summed E-state index contributed by atoms with van der Waals surface area (Å²) in [5, 5.41) is 3.52. The van der Waals surface area contributed by atoms with Crippen molar-refractivity contribution in [3.8, 4) is 0 Å². The van der Waals surface area contributed by atoms with Crippen LogP contribution in [0.25, 0.3) is 0 Å².